The summed E-state index contributed by atoms with van der Waals surface area (Å²) in [5.41, 5.74) is 2.17. The number of carboxylic acid groups (broad SMARTS) is 1. The lowest BCUT2D eigenvalue weighted by atomic mass is 10.00. The van der Waals surface area contributed by atoms with E-state index in [1.54, 1.807) is 31.5 Å². The zero-order valence-corrected chi connectivity index (χ0v) is 21.1. The van der Waals surface area contributed by atoms with Gasteiger partial charge in [0.05, 0.1) is 43.7 Å². The summed E-state index contributed by atoms with van der Waals surface area (Å²) in [4.78, 5) is 35.7. The van der Waals surface area contributed by atoms with E-state index in [2.05, 4.69) is 14.9 Å². The van der Waals surface area contributed by atoms with Crippen molar-refractivity contribution in [1.82, 2.24) is 9.97 Å². The van der Waals surface area contributed by atoms with Crippen molar-refractivity contribution in [2.45, 2.75) is 45.3 Å². The Morgan fingerprint density at radius 1 is 1.16 bits per heavy atom. The largest absolute Gasteiger partial charge is 0.490 e. The Hall–Kier alpha value is -4.14. The number of carbonyl (C=O) groups excluding carboxylic acids is 1. The van der Waals surface area contributed by atoms with Gasteiger partial charge in [0.15, 0.2) is 11.5 Å². The highest BCUT2D eigenvalue weighted by Crippen LogP contribution is 2.30. The van der Waals surface area contributed by atoms with Gasteiger partial charge in [-0.05, 0) is 49.9 Å². The van der Waals surface area contributed by atoms with Crippen molar-refractivity contribution in [3.05, 3.63) is 72.1 Å². The molecule has 1 aromatic heterocycles. The summed E-state index contributed by atoms with van der Waals surface area (Å²) in [6.45, 7) is 5.97. The monoisotopic (exact) mass is 504 g/mol. The van der Waals surface area contributed by atoms with Gasteiger partial charge >= 0.3 is 5.97 Å². The minimum absolute atomic E-state index is 0.0167. The number of hydrogen-bond donors (Lipinski definition) is 1. The van der Waals surface area contributed by atoms with Crippen LogP contribution >= 0.6 is 0 Å². The lowest BCUT2D eigenvalue weighted by molar-refractivity contribution is -0.138. The van der Waals surface area contributed by atoms with Crippen LogP contribution in [0.2, 0.25) is 0 Å². The zero-order chi connectivity index (χ0) is 26.2. The fourth-order valence-corrected chi connectivity index (χ4v) is 4.28. The Balaban J connectivity index is 1.39. The fourth-order valence-electron chi connectivity index (χ4n) is 4.28. The van der Waals surface area contributed by atoms with Crippen molar-refractivity contribution in [2.75, 3.05) is 29.5 Å². The molecule has 0 spiro atoms. The molecule has 9 nitrogen and oxygen atoms in total. The van der Waals surface area contributed by atoms with E-state index in [0.29, 0.717) is 36.9 Å². The SMILES string of the molecule is CCOc1ccccc1OC1CCCN(c2ncc(N(C=O)Cc3ccc(C(C)C(=O)O)cc3)cn2)C1. The Morgan fingerprint density at radius 3 is 2.51 bits per heavy atom. The van der Waals surface area contributed by atoms with Crippen LogP contribution in [-0.2, 0) is 16.1 Å². The highest BCUT2D eigenvalue weighted by atomic mass is 16.5. The van der Waals surface area contributed by atoms with Gasteiger partial charge in [-0.2, -0.15) is 0 Å². The Kier molecular flexibility index (Phi) is 8.56. The fraction of sp³-hybridized carbons (Fsp3) is 0.357. The Labute approximate surface area is 216 Å². The first-order valence-corrected chi connectivity index (χ1v) is 12.5. The van der Waals surface area contributed by atoms with Crippen LogP contribution in [0.25, 0.3) is 0 Å². The van der Waals surface area contributed by atoms with Gasteiger partial charge in [-0.3, -0.25) is 9.59 Å². The summed E-state index contributed by atoms with van der Waals surface area (Å²) in [5, 5.41) is 9.18. The van der Waals surface area contributed by atoms with E-state index in [9.17, 15) is 14.7 Å². The second-order valence-electron chi connectivity index (χ2n) is 8.98. The molecule has 0 radical (unpaired) electrons. The van der Waals surface area contributed by atoms with Crippen LogP contribution in [0.5, 0.6) is 11.5 Å². The van der Waals surface area contributed by atoms with Crippen molar-refractivity contribution in [1.29, 1.82) is 0 Å². The molecule has 2 unspecified atom stereocenters. The van der Waals surface area contributed by atoms with Gasteiger partial charge in [0, 0.05) is 6.54 Å². The molecule has 9 heteroatoms. The van der Waals surface area contributed by atoms with E-state index < -0.39 is 11.9 Å². The molecule has 1 N–H and O–H groups in total. The number of piperidine rings is 1. The standard InChI is InChI=1S/C28H32N4O5/c1-3-36-25-8-4-5-9-26(25)37-24-7-6-14-31(18-24)28-29-15-23(16-30-28)32(19-33)17-21-10-12-22(13-11-21)20(2)27(34)35/h4-5,8-13,15-16,19-20,24H,3,6-7,14,17-18H2,1-2H3,(H,34,35). The average Bonchev–Trinajstić information content (AvgIpc) is 2.93. The number of benzene rings is 2. The average molecular weight is 505 g/mol. The summed E-state index contributed by atoms with van der Waals surface area (Å²) in [6.07, 6.45) is 5.89. The maximum Gasteiger partial charge on any atom is 0.310 e. The maximum absolute atomic E-state index is 11.8. The number of rotatable bonds is 11. The van der Waals surface area contributed by atoms with Gasteiger partial charge in [-0.1, -0.05) is 36.4 Å². The number of hydrogen-bond acceptors (Lipinski definition) is 7. The van der Waals surface area contributed by atoms with Crippen molar-refractivity contribution in [2.24, 2.45) is 0 Å². The molecule has 0 bridgehead atoms. The summed E-state index contributed by atoms with van der Waals surface area (Å²) in [5.74, 6) is 0.605. The smallest absolute Gasteiger partial charge is 0.310 e. The number of anilines is 2. The minimum atomic E-state index is -0.874. The van der Waals surface area contributed by atoms with Crippen LogP contribution in [-0.4, -0.2) is 53.3 Å². The highest BCUT2D eigenvalue weighted by Gasteiger charge is 2.24. The van der Waals surface area contributed by atoms with Crippen LogP contribution < -0.4 is 19.3 Å². The molecule has 1 fully saturated rings. The molecule has 2 atom stereocenters. The van der Waals surface area contributed by atoms with Crippen LogP contribution in [0, 0.1) is 0 Å². The molecular formula is C28H32N4O5. The van der Waals surface area contributed by atoms with Crippen LogP contribution in [0.3, 0.4) is 0 Å². The number of carbonyl (C=O) groups is 2. The molecule has 3 aromatic rings. The van der Waals surface area contributed by atoms with Gasteiger partial charge < -0.3 is 24.4 Å². The number of amides is 1. The second-order valence-corrected chi connectivity index (χ2v) is 8.98. The lowest BCUT2D eigenvalue weighted by Gasteiger charge is -2.33. The van der Waals surface area contributed by atoms with E-state index in [4.69, 9.17) is 9.47 Å². The molecule has 1 aliphatic heterocycles. The quantitative estimate of drug-likeness (QED) is 0.386. The van der Waals surface area contributed by atoms with Crippen molar-refractivity contribution in [3.63, 3.8) is 0 Å². The number of aliphatic carboxylic acids is 1. The predicted molar refractivity (Wildman–Crippen MR) is 140 cm³/mol. The first-order valence-electron chi connectivity index (χ1n) is 12.5. The molecule has 0 aliphatic carbocycles. The molecule has 2 heterocycles. The van der Waals surface area contributed by atoms with E-state index >= 15 is 0 Å². The maximum atomic E-state index is 11.8. The third-order valence-electron chi connectivity index (χ3n) is 6.39. The van der Waals surface area contributed by atoms with E-state index in [0.717, 1.165) is 42.9 Å². The Morgan fingerprint density at radius 2 is 1.86 bits per heavy atom. The van der Waals surface area contributed by atoms with Crippen molar-refractivity contribution < 1.29 is 24.2 Å². The van der Waals surface area contributed by atoms with Crippen LogP contribution in [0.1, 0.15) is 43.7 Å². The summed E-state index contributed by atoms with van der Waals surface area (Å²) < 4.78 is 11.9. The molecule has 37 heavy (non-hydrogen) atoms. The number of carboxylic acids is 1. The van der Waals surface area contributed by atoms with E-state index in [1.165, 1.54) is 4.90 Å². The third-order valence-corrected chi connectivity index (χ3v) is 6.39. The van der Waals surface area contributed by atoms with Gasteiger partial charge in [-0.25, -0.2) is 9.97 Å². The number of para-hydroxylation sites is 2. The van der Waals surface area contributed by atoms with Gasteiger partial charge in [0.25, 0.3) is 0 Å². The first-order chi connectivity index (χ1) is 18.0. The van der Waals surface area contributed by atoms with Crippen molar-refractivity contribution >= 4 is 24.0 Å². The van der Waals surface area contributed by atoms with Gasteiger partial charge in [0.1, 0.15) is 6.10 Å². The normalized spacial score (nSPS) is 16.1. The molecule has 194 valence electrons. The third kappa shape index (κ3) is 6.55. The van der Waals surface area contributed by atoms with Gasteiger partial charge in [0.2, 0.25) is 12.4 Å². The second kappa shape index (κ2) is 12.2. The molecule has 0 saturated carbocycles. The number of ether oxygens (including phenoxy) is 2. The highest BCUT2D eigenvalue weighted by molar-refractivity contribution is 5.76. The molecule has 1 amide bonds. The minimum Gasteiger partial charge on any atom is -0.490 e. The molecular weight excluding hydrogens is 472 g/mol. The number of aromatic nitrogens is 2. The van der Waals surface area contributed by atoms with Gasteiger partial charge in [-0.15, -0.1) is 0 Å². The van der Waals surface area contributed by atoms with Crippen LogP contribution in [0.15, 0.2) is 60.9 Å². The molecule has 1 saturated heterocycles. The van der Waals surface area contributed by atoms with E-state index in [1.807, 2.05) is 43.3 Å². The topological polar surface area (TPSA) is 105 Å². The van der Waals surface area contributed by atoms with Crippen LogP contribution in [0.4, 0.5) is 11.6 Å². The summed E-state index contributed by atoms with van der Waals surface area (Å²) in [7, 11) is 0. The number of nitrogens with zero attached hydrogens (tertiary/aromatic N) is 4. The van der Waals surface area contributed by atoms with Crippen molar-refractivity contribution in [3.8, 4) is 11.5 Å². The summed E-state index contributed by atoms with van der Waals surface area (Å²) >= 11 is 0. The molecule has 2 aromatic carbocycles. The van der Waals surface area contributed by atoms with E-state index in [-0.39, 0.29) is 6.10 Å². The predicted octanol–water partition coefficient (Wildman–Crippen LogP) is 4.27. The zero-order valence-electron chi connectivity index (χ0n) is 21.1. The molecule has 4 rings (SSSR count). The Bertz CT molecular complexity index is 1190. The lowest BCUT2D eigenvalue weighted by Crippen LogP contribution is -2.42. The first kappa shape index (κ1) is 25.9. The molecule has 1 aliphatic rings. The summed E-state index contributed by atoms with van der Waals surface area (Å²) in [6, 6.07) is 14.9.